The Bertz CT molecular complexity index is 500. The van der Waals surface area contributed by atoms with Gasteiger partial charge in [-0.3, -0.25) is 4.98 Å². The summed E-state index contributed by atoms with van der Waals surface area (Å²) in [6, 6.07) is 6.95. The average molecular weight is 223 g/mol. The van der Waals surface area contributed by atoms with E-state index in [1.165, 1.54) is 0 Å². The van der Waals surface area contributed by atoms with Crippen LogP contribution in [0.25, 0.3) is 10.9 Å². The Morgan fingerprint density at radius 2 is 2.12 bits per heavy atom. The average Bonchev–Trinajstić information content (AvgIpc) is 2.27. The Hall–Kier alpha value is -1.91. The topological polar surface area (TPSA) is 50.9 Å². The van der Waals surface area contributed by atoms with E-state index in [-0.39, 0.29) is 6.54 Å². The molecule has 0 aliphatic carbocycles. The van der Waals surface area contributed by atoms with Gasteiger partial charge in [-0.05, 0) is 12.1 Å². The third-order valence-electron chi connectivity index (χ3n) is 2.25. The first-order valence-corrected chi connectivity index (χ1v) is 4.83. The van der Waals surface area contributed by atoms with Crippen LogP contribution in [0.3, 0.4) is 0 Å². The number of halogens is 2. The number of pyridine rings is 1. The lowest BCUT2D eigenvalue weighted by atomic mass is 10.1. The van der Waals surface area contributed by atoms with E-state index in [1.807, 2.05) is 0 Å². The fourth-order valence-corrected chi connectivity index (χ4v) is 1.54. The summed E-state index contributed by atoms with van der Waals surface area (Å²) < 4.78 is 24.2. The first kappa shape index (κ1) is 10.6. The summed E-state index contributed by atoms with van der Waals surface area (Å²) in [6.45, 7) is -0.381. The van der Waals surface area contributed by atoms with E-state index < -0.39 is 6.43 Å². The Morgan fingerprint density at radius 3 is 2.88 bits per heavy atom. The van der Waals surface area contributed by atoms with Crippen molar-refractivity contribution in [2.24, 2.45) is 0 Å². The number of benzene rings is 1. The van der Waals surface area contributed by atoms with Gasteiger partial charge in [-0.25, -0.2) is 8.78 Å². The number of aromatic nitrogens is 1. The van der Waals surface area contributed by atoms with Crippen molar-refractivity contribution in [3.05, 3.63) is 30.5 Å². The molecule has 84 valence electrons. The van der Waals surface area contributed by atoms with Gasteiger partial charge in [0.25, 0.3) is 6.43 Å². The predicted octanol–water partition coefficient (Wildman–Crippen LogP) is 2.49. The number of alkyl halides is 2. The Morgan fingerprint density at radius 1 is 1.31 bits per heavy atom. The van der Waals surface area contributed by atoms with Gasteiger partial charge in [-0.15, -0.1) is 0 Å². The number of nitrogens with one attached hydrogen (secondary N) is 1. The summed E-state index contributed by atoms with van der Waals surface area (Å²) in [6.07, 6.45) is -0.837. The molecular weight excluding hydrogens is 212 g/mol. The molecule has 0 atom stereocenters. The third-order valence-corrected chi connectivity index (χ3v) is 2.25. The van der Waals surface area contributed by atoms with Crippen molar-refractivity contribution in [2.75, 3.05) is 17.6 Å². The molecule has 0 fully saturated rings. The van der Waals surface area contributed by atoms with Crippen LogP contribution in [0.15, 0.2) is 30.5 Å². The van der Waals surface area contributed by atoms with Gasteiger partial charge in [0.2, 0.25) is 0 Å². The molecule has 0 aliphatic heterocycles. The number of para-hydroxylation sites is 1. The Balaban J connectivity index is 2.42. The van der Waals surface area contributed by atoms with Gasteiger partial charge >= 0.3 is 0 Å². The van der Waals surface area contributed by atoms with Gasteiger partial charge < -0.3 is 11.1 Å². The highest BCUT2D eigenvalue weighted by Crippen LogP contribution is 2.25. The molecule has 0 saturated carbocycles. The molecule has 0 radical (unpaired) electrons. The lowest BCUT2D eigenvalue weighted by Gasteiger charge is -2.09. The van der Waals surface area contributed by atoms with Crippen LogP contribution in [0.2, 0.25) is 0 Å². The van der Waals surface area contributed by atoms with Crippen LogP contribution in [0.5, 0.6) is 0 Å². The van der Waals surface area contributed by atoms with Crippen molar-refractivity contribution in [3.63, 3.8) is 0 Å². The van der Waals surface area contributed by atoms with Crippen molar-refractivity contribution in [1.82, 2.24) is 4.98 Å². The first-order valence-electron chi connectivity index (χ1n) is 4.83. The summed E-state index contributed by atoms with van der Waals surface area (Å²) in [5, 5.41) is 3.42. The summed E-state index contributed by atoms with van der Waals surface area (Å²) in [4.78, 5) is 4.12. The summed E-state index contributed by atoms with van der Waals surface area (Å²) in [5.41, 5.74) is 7.53. The summed E-state index contributed by atoms with van der Waals surface area (Å²) >= 11 is 0. The van der Waals surface area contributed by atoms with Crippen molar-refractivity contribution >= 4 is 22.3 Å². The number of nitrogens with zero attached hydrogens (tertiary/aromatic N) is 1. The predicted molar refractivity (Wildman–Crippen MR) is 60.6 cm³/mol. The van der Waals surface area contributed by atoms with Crippen LogP contribution in [0.1, 0.15) is 0 Å². The number of fused-ring (bicyclic) bond motifs is 1. The number of hydrogen-bond acceptors (Lipinski definition) is 3. The molecule has 0 saturated heterocycles. The normalized spacial score (nSPS) is 10.9. The number of hydrogen-bond donors (Lipinski definition) is 2. The summed E-state index contributed by atoms with van der Waals surface area (Å²) in [5.74, 6) is 0. The SMILES string of the molecule is Nc1cccc2c(NCC(F)F)ccnc12. The maximum Gasteiger partial charge on any atom is 0.255 e. The van der Waals surface area contributed by atoms with E-state index in [1.54, 1.807) is 30.5 Å². The van der Waals surface area contributed by atoms with Gasteiger partial charge in [0, 0.05) is 17.3 Å². The molecular formula is C11H11F2N3. The second-order valence-electron chi connectivity index (χ2n) is 3.37. The zero-order valence-corrected chi connectivity index (χ0v) is 8.45. The zero-order valence-electron chi connectivity index (χ0n) is 8.45. The van der Waals surface area contributed by atoms with Gasteiger partial charge in [-0.2, -0.15) is 0 Å². The molecule has 5 heteroatoms. The van der Waals surface area contributed by atoms with Crippen LogP contribution >= 0.6 is 0 Å². The Labute approximate surface area is 91.3 Å². The van der Waals surface area contributed by atoms with Crippen molar-refractivity contribution in [3.8, 4) is 0 Å². The molecule has 1 aromatic carbocycles. The van der Waals surface area contributed by atoms with Crippen LogP contribution in [0, 0.1) is 0 Å². The molecule has 2 aromatic rings. The van der Waals surface area contributed by atoms with Crippen molar-refractivity contribution in [1.29, 1.82) is 0 Å². The standard InChI is InChI=1S/C11H11F2N3/c12-10(13)6-16-9-4-5-15-11-7(9)2-1-3-8(11)14/h1-5,10H,6,14H2,(H,15,16). The minimum atomic E-state index is -2.38. The molecule has 16 heavy (non-hydrogen) atoms. The molecule has 3 N–H and O–H groups in total. The van der Waals surface area contributed by atoms with Gasteiger partial charge in [0.1, 0.15) is 0 Å². The second kappa shape index (κ2) is 4.30. The lowest BCUT2D eigenvalue weighted by Crippen LogP contribution is -2.10. The van der Waals surface area contributed by atoms with E-state index in [9.17, 15) is 8.78 Å². The third kappa shape index (κ3) is 2.03. The van der Waals surface area contributed by atoms with Crippen LogP contribution in [0.4, 0.5) is 20.2 Å². The van der Waals surface area contributed by atoms with Crippen LogP contribution in [-0.2, 0) is 0 Å². The molecule has 2 rings (SSSR count). The minimum absolute atomic E-state index is 0.381. The monoisotopic (exact) mass is 223 g/mol. The smallest absolute Gasteiger partial charge is 0.255 e. The molecule has 0 aliphatic rings. The van der Waals surface area contributed by atoms with E-state index in [0.717, 1.165) is 5.39 Å². The zero-order chi connectivity index (χ0) is 11.5. The first-order chi connectivity index (χ1) is 7.68. The largest absolute Gasteiger partial charge is 0.397 e. The highest BCUT2D eigenvalue weighted by atomic mass is 19.3. The van der Waals surface area contributed by atoms with Gasteiger partial charge in [-0.1, -0.05) is 12.1 Å². The number of rotatable bonds is 3. The fraction of sp³-hybridized carbons (Fsp3) is 0.182. The maximum atomic E-state index is 12.1. The number of nitrogens with two attached hydrogens (primary N) is 1. The molecule has 0 spiro atoms. The molecule has 0 amide bonds. The maximum absolute atomic E-state index is 12.1. The second-order valence-corrected chi connectivity index (χ2v) is 3.37. The fourth-order valence-electron chi connectivity index (χ4n) is 1.54. The highest BCUT2D eigenvalue weighted by Gasteiger charge is 2.06. The van der Waals surface area contributed by atoms with Crippen molar-refractivity contribution < 1.29 is 8.78 Å². The van der Waals surface area contributed by atoms with Crippen molar-refractivity contribution in [2.45, 2.75) is 6.43 Å². The number of anilines is 2. The van der Waals surface area contributed by atoms with E-state index >= 15 is 0 Å². The quantitative estimate of drug-likeness (QED) is 0.786. The molecule has 0 bridgehead atoms. The van der Waals surface area contributed by atoms with E-state index in [2.05, 4.69) is 10.3 Å². The summed E-state index contributed by atoms with van der Waals surface area (Å²) in [7, 11) is 0. The van der Waals surface area contributed by atoms with Crippen LogP contribution in [-0.4, -0.2) is 18.0 Å². The van der Waals surface area contributed by atoms with E-state index in [0.29, 0.717) is 16.9 Å². The minimum Gasteiger partial charge on any atom is -0.397 e. The van der Waals surface area contributed by atoms with Gasteiger partial charge in [0.15, 0.2) is 0 Å². The number of nitrogen functional groups attached to an aromatic ring is 1. The molecule has 1 aromatic heterocycles. The lowest BCUT2D eigenvalue weighted by molar-refractivity contribution is 0.163. The molecule has 0 unspecified atom stereocenters. The highest BCUT2D eigenvalue weighted by molar-refractivity contribution is 5.97. The van der Waals surface area contributed by atoms with E-state index in [4.69, 9.17) is 5.73 Å². The molecule has 1 heterocycles. The molecule has 3 nitrogen and oxygen atoms in total. The van der Waals surface area contributed by atoms with Gasteiger partial charge in [0.05, 0.1) is 17.7 Å². The Kier molecular flexibility index (Phi) is 2.85. The van der Waals surface area contributed by atoms with Crippen LogP contribution < -0.4 is 11.1 Å².